The molecule has 1 unspecified atom stereocenters. The van der Waals surface area contributed by atoms with Crippen molar-refractivity contribution in [3.8, 4) is 5.75 Å². The normalized spacial score (nSPS) is 21.2. The largest absolute Gasteiger partial charge is 0.485 e. The fourth-order valence-corrected chi connectivity index (χ4v) is 2.85. The third-order valence-corrected chi connectivity index (χ3v) is 3.82. The fourth-order valence-electron chi connectivity index (χ4n) is 2.44. The van der Waals surface area contributed by atoms with Gasteiger partial charge in [0, 0.05) is 28.1 Å². The number of hydrogen-bond acceptors (Lipinski definition) is 2. The third kappa shape index (κ3) is 2.62. The van der Waals surface area contributed by atoms with Crippen molar-refractivity contribution in [2.45, 2.75) is 18.6 Å². The summed E-state index contributed by atoms with van der Waals surface area (Å²) in [7, 11) is 0. The highest BCUT2D eigenvalue weighted by atomic mass is 35.5. The van der Waals surface area contributed by atoms with Crippen molar-refractivity contribution in [3.63, 3.8) is 0 Å². The van der Waals surface area contributed by atoms with E-state index in [0.29, 0.717) is 27.8 Å². The van der Waals surface area contributed by atoms with E-state index in [2.05, 4.69) is 0 Å². The van der Waals surface area contributed by atoms with E-state index in [1.807, 2.05) is 0 Å². The Kier molecular flexibility index (Phi) is 3.59. The van der Waals surface area contributed by atoms with Crippen LogP contribution in [0.25, 0.3) is 0 Å². The summed E-state index contributed by atoms with van der Waals surface area (Å²) < 4.78 is 19.3. The summed E-state index contributed by atoms with van der Waals surface area (Å²) in [4.78, 5) is 0. The molecule has 2 N–H and O–H groups in total. The minimum Gasteiger partial charge on any atom is -0.485 e. The molecule has 1 aliphatic rings. The molecular weight excluding hydrogens is 300 g/mol. The minimum atomic E-state index is -0.383. The number of ether oxygens (including phenoxy) is 1. The van der Waals surface area contributed by atoms with Crippen LogP contribution in [0.15, 0.2) is 36.4 Å². The lowest BCUT2D eigenvalue weighted by Crippen LogP contribution is -2.24. The van der Waals surface area contributed by atoms with Crippen LogP contribution < -0.4 is 10.5 Å². The quantitative estimate of drug-likeness (QED) is 0.831. The summed E-state index contributed by atoms with van der Waals surface area (Å²) in [5.74, 6) is 0.296. The van der Waals surface area contributed by atoms with Crippen LogP contribution in [0.5, 0.6) is 5.75 Å². The average molecular weight is 312 g/mol. The van der Waals surface area contributed by atoms with Gasteiger partial charge in [-0.3, -0.25) is 0 Å². The van der Waals surface area contributed by atoms with Gasteiger partial charge < -0.3 is 10.5 Å². The van der Waals surface area contributed by atoms with Crippen molar-refractivity contribution >= 4 is 23.2 Å². The molecule has 0 saturated carbocycles. The summed E-state index contributed by atoms with van der Waals surface area (Å²) in [6.45, 7) is 0. The Balaban J connectivity index is 1.96. The first-order chi connectivity index (χ1) is 9.52. The van der Waals surface area contributed by atoms with E-state index in [0.717, 1.165) is 5.56 Å². The predicted molar refractivity (Wildman–Crippen MR) is 77.8 cm³/mol. The average Bonchev–Trinajstić information content (AvgIpc) is 2.38. The van der Waals surface area contributed by atoms with Gasteiger partial charge in [0.1, 0.15) is 17.7 Å². The van der Waals surface area contributed by atoms with Crippen LogP contribution in [0.3, 0.4) is 0 Å². The van der Waals surface area contributed by atoms with Crippen molar-refractivity contribution in [3.05, 3.63) is 63.4 Å². The lowest BCUT2D eigenvalue weighted by molar-refractivity contribution is 0.161. The molecule has 2 aromatic rings. The monoisotopic (exact) mass is 311 g/mol. The zero-order valence-corrected chi connectivity index (χ0v) is 12.0. The molecule has 0 aromatic heterocycles. The summed E-state index contributed by atoms with van der Waals surface area (Å²) >= 11 is 11.8. The van der Waals surface area contributed by atoms with Gasteiger partial charge in [-0.2, -0.15) is 0 Å². The molecule has 0 bridgehead atoms. The molecule has 0 radical (unpaired) electrons. The molecule has 0 fully saturated rings. The SMILES string of the molecule is N[C@@H]1CC(c2cc(F)cc(Cl)c2)Oc2ccc(Cl)cc21. The second-order valence-electron chi connectivity index (χ2n) is 4.83. The Morgan fingerprint density at radius 3 is 2.65 bits per heavy atom. The van der Waals surface area contributed by atoms with E-state index in [4.69, 9.17) is 33.7 Å². The molecule has 0 aliphatic carbocycles. The Bertz CT molecular complexity index is 642. The van der Waals surface area contributed by atoms with E-state index in [1.54, 1.807) is 24.3 Å². The minimum absolute atomic E-state index is 0.204. The highest BCUT2D eigenvalue weighted by molar-refractivity contribution is 6.31. The van der Waals surface area contributed by atoms with Gasteiger partial charge in [0.15, 0.2) is 0 Å². The molecule has 2 atom stereocenters. The molecule has 5 heteroatoms. The molecular formula is C15H12Cl2FNO. The maximum absolute atomic E-state index is 13.4. The number of benzene rings is 2. The van der Waals surface area contributed by atoms with Crippen LogP contribution in [0.2, 0.25) is 10.0 Å². The zero-order valence-electron chi connectivity index (χ0n) is 10.4. The number of hydrogen-bond donors (Lipinski definition) is 1. The molecule has 0 spiro atoms. The second kappa shape index (κ2) is 5.24. The summed E-state index contributed by atoms with van der Waals surface area (Å²) in [6.07, 6.45) is 0.236. The molecule has 2 nitrogen and oxygen atoms in total. The van der Waals surface area contributed by atoms with Gasteiger partial charge in [-0.1, -0.05) is 23.2 Å². The summed E-state index contributed by atoms with van der Waals surface area (Å²) in [5.41, 5.74) is 7.71. The highest BCUT2D eigenvalue weighted by Crippen LogP contribution is 2.41. The molecule has 104 valence electrons. The number of halogens is 3. The van der Waals surface area contributed by atoms with Crippen molar-refractivity contribution in [2.75, 3.05) is 0 Å². The maximum Gasteiger partial charge on any atom is 0.126 e. The van der Waals surface area contributed by atoms with E-state index >= 15 is 0 Å². The smallest absolute Gasteiger partial charge is 0.126 e. The Morgan fingerprint density at radius 2 is 1.90 bits per heavy atom. The van der Waals surface area contributed by atoms with Crippen LogP contribution >= 0.6 is 23.2 Å². The number of rotatable bonds is 1. The number of nitrogens with two attached hydrogens (primary N) is 1. The van der Waals surface area contributed by atoms with Crippen LogP contribution in [-0.4, -0.2) is 0 Å². The maximum atomic E-state index is 13.4. The van der Waals surface area contributed by atoms with Gasteiger partial charge in [0.05, 0.1) is 0 Å². The Morgan fingerprint density at radius 1 is 1.10 bits per heavy atom. The van der Waals surface area contributed by atoms with Gasteiger partial charge >= 0.3 is 0 Å². The van der Waals surface area contributed by atoms with Gasteiger partial charge in [-0.15, -0.1) is 0 Å². The molecule has 2 aromatic carbocycles. The van der Waals surface area contributed by atoms with Crippen LogP contribution in [0, 0.1) is 5.82 Å². The summed E-state index contributed by atoms with van der Waals surface area (Å²) in [5, 5.41) is 0.967. The second-order valence-corrected chi connectivity index (χ2v) is 5.71. The van der Waals surface area contributed by atoms with E-state index < -0.39 is 0 Å². The zero-order chi connectivity index (χ0) is 14.3. The van der Waals surface area contributed by atoms with Gasteiger partial charge in [0.2, 0.25) is 0 Å². The van der Waals surface area contributed by atoms with Crippen molar-refractivity contribution < 1.29 is 9.13 Å². The fraction of sp³-hybridized carbons (Fsp3) is 0.200. The van der Waals surface area contributed by atoms with Crippen LogP contribution in [0.1, 0.15) is 29.7 Å². The highest BCUT2D eigenvalue weighted by Gasteiger charge is 2.27. The first-order valence-electron chi connectivity index (χ1n) is 6.20. The van der Waals surface area contributed by atoms with Crippen molar-refractivity contribution in [2.24, 2.45) is 5.73 Å². The van der Waals surface area contributed by atoms with E-state index in [1.165, 1.54) is 12.1 Å². The van der Waals surface area contributed by atoms with E-state index in [9.17, 15) is 4.39 Å². The van der Waals surface area contributed by atoms with Gasteiger partial charge in [-0.05, 0) is 42.0 Å². The molecule has 1 heterocycles. The Labute approximate surface area is 126 Å². The molecule has 3 rings (SSSR count). The standard InChI is InChI=1S/C15H12Cl2FNO/c16-9-1-2-14-12(6-9)13(19)7-15(20-14)8-3-10(17)5-11(18)4-8/h1-6,13,15H,7,19H2/t13-,15?/m1/s1. The number of fused-ring (bicyclic) bond motifs is 1. The lowest BCUT2D eigenvalue weighted by atomic mass is 9.93. The lowest BCUT2D eigenvalue weighted by Gasteiger charge is -2.30. The molecule has 0 amide bonds. The third-order valence-electron chi connectivity index (χ3n) is 3.37. The molecule has 0 saturated heterocycles. The van der Waals surface area contributed by atoms with Crippen LogP contribution in [0.4, 0.5) is 4.39 Å². The Hall–Kier alpha value is -1.29. The van der Waals surface area contributed by atoms with E-state index in [-0.39, 0.29) is 18.0 Å². The first-order valence-corrected chi connectivity index (χ1v) is 6.96. The van der Waals surface area contributed by atoms with Gasteiger partial charge in [-0.25, -0.2) is 4.39 Å². The first kappa shape index (κ1) is 13.7. The van der Waals surface area contributed by atoms with Gasteiger partial charge in [0.25, 0.3) is 0 Å². The topological polar surface area (TPSA) is 35.2 Å². The predicted octanol–water partition coefficient (Wildman–Crippen LogP) is 4.66. The van der Waals surface area contributed by atoms with Crippen LogP contribution in [-0.2, 0) is 0 Å². The molecule has 20 heavy (non-hydrogen) atoms. The molecule has 1 aliphatic heterocycles. The van der Waals surface area contributed by atoms with Crippen molar-refractivity contribution in [1.29, 1.82) is 0 Å². The van der Waals surface area contributed by atoms with Crippen molar-refractivity contribution in [1.82, 2.24) is 0 Å². The summed E-state index contributed by atoms with van der Waals surface area (Å²) in [6, 6.07) is 9.51.